The summed E-state index contributed by atoms with van der Waals surface area (Å²) >= 11 is 7.10. The third kappa shape index (κ3) is 5.85. The van der Waals surface area contributed by atoms with Gasteiger partial charge in [0.1, 0.15) is 18.1 Å². The van der Waals surface area contributed by atoms with Crippen LogP contribution in [0.4, 0.5) is 0 Å². The zero-order chi connectivity index (χ0) is 25.6. The largest absolute Gasteiger partial charge is 0.497 e. The molecule has 0 aliphatic heterocycles. The molecule has 0 fully saturated rings. The lowest BCUT2D eigenvalue weighted by Gasteiger charge is -2.11. The van der Waals surface area contributed by atoms with E-state index >= 15 is 0 Å². The van der Waals surface area contributed by atoms with Gasteiger partial charge in [-0.15, -0.1) is 10.2 Å². The predicted molar refractivity (Wildman–Crippen MR) is 146 cm³/mol. The Bertz CT molecular complexity index is 1490. The normalized spacial score (nSPS) is 10.8. The van der Waals surface area contributed by atoms with Crippen LogP contribution in [-0.4, -0.2) is 27.0 Å². The number of nitrogens with zero attached hydrogens (tertiary/aromatic N) is 3. The maximum atomic E-state index is 13.0. The number of carbonyl (C=O) groups is 1. The average molecular weight is 528 g/mol. The molecule has 6 nitrogen and oxygen atoms in total. The van der Waals surface area contributed by atoms with E-state index in [0.717, 1.165) is 28.6 Å². The van der Waals surface area contributed by atoms with E-state index in [0.29, 0.717) is 33.1 Å². The maximum Gasteiger partial charge on any atom is 0.227 e. The van der Waals surface area contributed by atoms with Crippen molar-refractivity contribution < 1.29 is 14.3 Å². The van der Waals surface area contributed by atoms with Crippen LogP contribution in [0, 0.1) is 0 Å². The van der Waals surface area contributed by atoms with Gasteiger partial charge in [-0.2, -0.15) is 0 Å². The van der Waals surface area contributed by atoms with E-state index in [-0.39, 0.29) is 11.7 Å². The van der Waals surface area contributed by atoms with Gasteiger partial charge in [-0.05, 0) is 83.6 Å². The van der Waals surface area contributed by atoms with Gasteiger partial charge >= 0.3 is 0 Å². The smallest absolute Gasteiger partial charge is 0.227 e. The molecule has 0 spiro atoms. The van der Waals surface area contributed by atoms with E-state index in [9.17, 15) is 4.79 Å². The molecule has 0 saturated carbocycles. The van der Waals surface area contributed by atoms with Crippen LogP contribution in [0.3, 0.4) is 0 Å². The molecule has 1 aromatic heterocycles. The summed E-state index contributed by atoms with van der Waals surface area (Å²) in [5.74, 6) is 1.94. The Morgan fingerprint density at radius 3 is 2.14 bits per heavy atom. The van der Waals surface area contributed by atoms with Crippen molar-refractivity contribution in [2.45, 2.75) is 11.8 Å². The first kappa shape index (κ1) is 24.6. The highest BCUT2D eigenvalue weighted by Crippen LogP contribution is 2.28. The van der Waals surface area contributed by atoms with E-state index in [2.05, 4.69) is 22.3 Å². The SMILES string of the molecule is COc1ccc(C(=O)Sc2nnc(COc3ccc(-c4ccccc4)cc3)n2-c2ccc(Cl)cc2)cc1. The van der Waals surface area contributed by atoms with Crippen LogP contribution < -0.4 is 9.47 Å². The predicted octanol–water partition coefficient (Wildman–Crippen LogP) is 7.11. The number of hydrogen-bond acceptors (Lipinski definition) is 6. The van der Waals surface area contributed by atoms with Crippen LogP contribution >= 0.6 is 23.4 Å². The van der Waals surface area contributed by atoms with Gasteiger partial charge in [-0.1, -0.05) is 54.1 Å². The van der Waals surface area contributed by atoms with E-state index in [1.807, 2.05) is 54.6 Å². The average Bonchev–Trinajstić information content (AvgIpc) is 3.35. The highest BCUT2D eigenvalue weighted by atomic mass is 35.5. The number of methoxy groups -OCH3 is 1. The lowest BCUT2D eigenvalue weighted by Crippen LogP contribution is -2.07. The molecule has 37 heavy (non-hydrogen) atoms. The third-order valence-electron chi connectivity index (χ3n) is 5.62. The monoisotopic (exact) mass is 527 g/mol. The lowest BCUT2D eigenvalue weighted by atomic mass is 10.1. The molecule has 184 valence electrons. The number of rotatable bonds is 8. The number of thioether (sulfide) groups is 1. The summed E-state index contributed by atoms with van der Waals surface area (Å²) in [6, 6.07) is 32.2. The molecular weight excluding hydrogens is 506 g/mol. The van der Waals surface area contributed by atoms with E-state index in [1.165, 1.54) is 0 Å². The van der Waals surface area contributed by atoms with Gasteiger partial charge in [-0.25, -0.2) is 0 Å². The molecule has 0 atom stereocenters. The zero-order valence-electron chi connectivity index (χ0n) is 19.9. The second-order valence-corrected chi connectivity index (χ2v) is 9.38. The van der Waals surface area contributed by atoms with Crippen LogP contribution in [0.5, 0.6) is 11.5 Å². The molecule has 0 aliphatic carbocycles. The summed E-state index contributed by atoms with van der Waals surface area (Å²) in [4.78, 5) is 13.0. The number of ether oxygens (including phenoxy) is 2. The van der Waals surface area contributed by atoms with Gasteiger partial charge < -0.3 is 9.47 Å². The third-order valence-corrected chi connectivity index (χ3v) is 6.74. The maximum absolute atomic E-state index is 13.0. The van der Waals surface area contributed by atoms with Crippen molar-refractivity contribution in [2.24, 2.45) is 0 Å². The summed E-state index contributed by atoms with van der Waals surface area (Å²) in [5, 5.41) is 9.51. The molecule has 5 aromatic rings. The molecule has 0 radical (unpaired) electrons. The molecule has 0 unspecified atom stereocenters. The number of halogens is 1. The van der Waals surface area contributed by atoms with Gasteiger partial charge in [0.05, 0.1) is 7.11 Å². The van der Waals surface area contributed by atoms with Gasteiger partial charge in [0, 0.05) is 16.3 Å². The fraction of sp³-hybridized carbons (Fsp3) is 0.0690. The molecule has 0 bridgehead atoms. The fourth-order valence-electron chi connectivity index (χ4n) is 3.70. The molecule has 8 heteroatoms. The van der Waals surface area contributed by atoms with Crippen LogP contribution in [0.15, 0.2) is 108 Å². The van der Waals surface area contributed by atoms with Crippen molar-refractivity contribution in [2.75, 3.05) is 7.11 Å². The Kier molecular flexibility index (Phi) is 7.54. The van der Waals surface area contributed by atoms with Crippen molar-refractivity contribution in [3.05, 3.63) is 120 Å². The van der Waals surface area contributed by atoms with Gasteiger partial charge in [0.2, 0.25) is 10.3 Å². The van der Waals surface area contributed by atoms with Crippen LogP contribution in [0.2, 0.25) is 5.02 Å². The summed E-state index contributed by atoms with van der Waals surface area (Å²) in [6.07, 6.45) is 0. The van der Waals surface area contributed by atoms with Gasteiger partial charge in [-0.3, -0.25) is 9.36 Å². The van der Waals surface area contributed by atoms with Gasteiger partial charge in [0.15, 0.2) is 5.82 Å². The number of hydrogen-bond donors (Lipinski definition) is 0. The fourth-order valence-corrected chi connectivity index (χ4v) is 4.63. The summed E-state index contributed by atoms with van der Waals surface area (Å²) in [6.45, 7) is 0.164. The molecule has 1 heterocycles. The summed E-state index contributed by atoms with van der Waals surface area (Å²) < 4.78 is 13.0. The second kappa shape index (κ2) is 11.3. The van der Waals surface area contributed by atoms with Crippen LogP contribution in [-0.2, 0) is 6.61 Å². The first-order valence-corrected chi connectivity index (χ1v) is 12.6. The number of aromatic nitrogens is 3. The molecule has 0 saturated heterocycles. The highest BCUT2D eigenvalue weighted by molar-refractivity contribution is 8.14. The van der Waals surface area contributed by atoms with Gasteiger partial charge in [0.25, 0.3) is 0 Å². The first-order valence-electron chi connectivity index (χ1n) is 11.5. The molecule has 0 N–H and O–H groups in total. The Labute approximate surface area is 223 Å². The van der Waals surface area contributed by atoms with Crippen LogP contribution in [0.25, 0.3) is 16.8 Å². The summed E-state index contributed by atoms with van der Waals surface area (Å²) in [7, 11) is 1.58. The first-order chi connectivity index (χ1) is 18.1. The van der Waals surface area contributed by atoms with Crippen molar-refractivity contribution in [3.8, 4) is 28.3 Å². The minimum absolute atomic E-state index is 0.158. The lowest BCUT2D eigenvalue weighted by molar-refractivity contribution is 0.108. The minimum atomic E-state index is -0.158. The zero-order valence-corrected chi connectivity index (χ0v) is 21.4. The minimum Gasteiger partial charge on any atom is -0.497 e. The Balaban J connectivity index is 1.37. The van der Waals surface area contributed by atoms with E-state index in [1.54, 1.807) is 48.1 Å². The van der Waals surface area contributed by atoms with Crippen molar-refractivity contribution in [1.29, 1.82) is 0 Å². The Morgan fingerprint density at radius 1 is 0.811 bits per heavy atom. The molecule has 0 aliphatic rings. The Morgan fingerprint density at radius 2 is 1.46 bits per heavy atom. The van der Waals surface area contributed by atoms with Crippen molar-refractivity contribution in [3.63, 3.8) is 0 Å². The van der Waals surface area contributed by atoms with Crippen molar-refractivity contribution >= 4 is 28.5 Å². The standard InChI is InChI=1S/C29H22ClN3O3S/c1-35-25-15-9-22(10-16-25)28(34)37-29-32-31-27(33(29)24-13-11-23(30)12-14-24)19-36-26-17-7-21(8-18-26)20-5-3-2-4-6-20/h2-18H,19H2,1H3. The van der Waals surface area contributed by atoms with E-state index < -0.39 is 0 Å². The summed E-state index contributed by atoms with van der Waals surface area (Å²) in [5.41, 5.74) is 3.55. The number of benzene rings is 4. The second-order valence-electron chi connectivity index (χ2n) is 8.01. The Hall–Kier alpha value is -4.07. The van der Waals surface area contributed by atoms with Crippen molar-refractivity contribution in [1.82, 2.24) is 14.8 Å². The molecule has 4 aromatic carbocycles. The molecule has 0 amide bonds. The quantitative estimate of drug-likeness (QED) is 0.200. The van der Waals surface area contributed by atoms with Crippen LogP contribution in [0.1, 0.15) is 16.2 Å². The molecular formula is C29H22ClN3O3S. The van der Waals surface area contributed by atoms with E-state index in [4.69, 9.17) is 21.1 Å². The molecule has 5 rings (SSSR count). The topological polar surface area (TPSA) is 66.2 Å². The number of carbonyl (C=O) groups excluding carboxylic acids is 1. The highest BCUT2D eigenvalue weighted by Gasteiger charge is 2.19.